The molecular weight excluding hydrogens is 294 g/mol. The molecule has 1 heterocycles. The van der Waals surface area contributed by atoms with Crippen LogP contribution in [0.4, 0.5) is 11.4 Å². The van der Waals surface area contributed by atoms with E-state index in [4.69, 9.17) is 0 Å². The number of aryl methyl sites for hydroxylation is 1. The fraction of sp³-hybridized carbons (Fsp3) is 0.471. The summed E-state index contributed by atoms with van der Waals surface area (Å²) >= 11 is 0. The van der Waals surface area contributed by atoms with E-state index in [0.717, 1.165) is 43.5 Å². The third kappa shape index (κ3) is 3.36. The normalized spacial score (nSPS) is 16.5. The van der Waals surface area contributed by atoms with E-state index in [1.54, 1.807) is 13.0 Å². The van der Waals surface area contributed by atoms with E-state index in [2.05, 4.69) is 10.6 Å². The lowest BCUT2D eigenvalue weighted by Gasteiger charge is -2.30. The minimum atomic E-state index is -0.673. The van der Waals surface area contributed by atoms with Crippen molar-refractivity contribution >= 4 is 29.1 Å². The number of likely N-dealkylation sites (N-methyl/N-ethyl adjacent to an activating group) is 1. The maximum absolute atomic E-state index is 12.4. The Morgan fingerprint density at radius 2 is 2.00 bits per heavy atom. The predicted octanol–water partition coefficient (Wildman–Crippen LogP) is 1.45. The summed E-state index contributed by atoms with van der Waals surface area (Å²) in [4.78, 5) is 37.5. The van der Waals surface area contributed by atoms with Crippen LogP contribution in [0.15, 0.2) is 18.2 Å². The Labute approximate surface area is 135 Å². The van der Waals surface area contributed by atoms with Gasteiger partial charge in [-0.3, -0.25) is 14.4 Å². The second-order valence-corrected chi connectivity index (χ2v) is 6.02. The van der Waals surface area contributed by atoms with Gasteiger partial charge in [-0.1, -0.05) is 0 Å². The topological polar surface area (TPSA) is 78.5 Å². The van der Waals surface area contributed by atoms with Crippen molar-refractivity contribution in [1.82, 2.24) is 5.32 Å². The smallest absolute Gasteiger partial charge is 0.313 e. The summed E-state index contributed by atoms with van der Waals surface area (Å²) in [6.07, 6.45) is 3.77. The Bertz CT molecular complexity index is 652. The van der Waals surface area contributed by atoms with Gasteiger partial charge in [-0.05, 0) is 56.4 Å². The average Bonchev–Trinajstić information content (AvgIpc) is 3.38. The van der Waals surface area contributed by atoms with Crippen LogP contribution in [0, 0.1) is 5.92 Å². The largest absolute Gasteiger partial charge is 0.348 e. The molecule has 1 aliphatic heterocycles. The van der Waals surface area contributed by atoms with E-state index in [1.165, 1.54) is 0 Å². The Kier molecular flexibility index (Phi) is 4.32. The van der Waals surface area contributed by atoms with Gasteiger partial charge >= 0.3 is 11.8 Å². The van der Waals surface area contributed by atoms with E-state index < -0.39 is 11.8 Å². The van der Waals surface area contributed by atoms with Crippen molar-refractivity contribution in [2.45, 2.75) is 32.6 Å². The molecule has 0 radical (unpaired) electrons. The van der Waals surface area contributed by atoms with Crippen LogP contribution in [0.3, 0.4) is 0 Å². The predicted molar refractivity (Wildman–Crippen MR) is 87.2 cm³/mol. The van der Waals surface area contributed by atoms with E-state index >= 15 is 0 Å². The minimum Gasteiger partial charge on any atom is -0.348 e. The number of nitrogens with one attached hydrogen (secondary N) is 2. The first-order valence-electron chi connectivity index (χ1n) is 8.13. The molecule has 1 aliphatic carbocycles. The van der Waals surface area contributed by atoms with Gasteiger partial charge in [0.05, 0.1) is 0 Å². The number of hydrogen-bond donors (Lipinski definition) is 2. The molecule has 1 saturated carbocycles. The van der Waals surface area contributed by atoms with Gasteiger partial charge in [0.2, 0.25) is 5.91 Å². The average molecular weight is 315 g/mol. The molecule has 0 atom stereocenters. The molecule has 3 amide bonds. The number of benzene rings is 1. The lowest BCUT2D eigenvalue weighted by molar-refractivity contribution is -0.136. The molecule has 23 heavy (non-hydrogen) atoms. The van der Waals surface area contributed by atoms with Crippen LogP contribution in [0.2, 0.25) is 0 Å². The Morgan fingerprint density at radius 1 is 1.22 bits per heavy atom. The molecule has 122 valence electrons. The molecule has 1 aromatic rings. The van der Waals surface area contributed by atoms with Gasteiger partial charge in [0, 0.05) is 30.4 Å². The first kappa shape index (κ1) is 15.5. The zero-order valence-electron chi connectivity index (χ0n) is 13.2. The van der Waals surface area contributed by atoms with E-state index in [1.807, 2.05) is 17.0 Å². The van der Waals surface area contributed by atoms with Crippen LogP contribution in [0.1, 0.15) is 31.7 Å². The second-order valence-electron chi connectivity index (χ2n) is 6.02. The first-order chi connectivity index (χ1) is 11.1. The van der Waals surface area contributed by atoms with Crippen LogP contribution >= 0.6 is 0 Å². The fourth-order valence-corrected chi connectivity index (χ4v) is 2.88. The van der Waals surface area contributed by atoms with Crippen molar-refractivity contribution in [2.24, 2.45) is 5.92 Å². The van der Waals surface area contributed by atoms with E-state index in [0.29, 0.717) is 12.2 Å². The Morgan fingerprint density at radius 3 is 2.70 bits per heavy atom. The Hall–Kier alpha value is -2.37. The number of amides is 3. The highest BCUT2D eigenvalue weighted by Gasteiger charge is 2.35. The molecule has 0 aromatic heterocycles. The number of fused-ring (bicyclic) bond motifs is 1. The summed E-state index contributed by atoms with van der Waals surface area (Å²) in [6.45, 7) is 2.93. The quantitative estimate of drug-likeness (QED) is 0.829. The summed E-state index contributed by atoms with van der Waals surface area (Å²) in [5.41, 5.74) is 2.56. The molecule has 0 spiro atoms. The van der Waals surface area contributed by atoms with Crippen molar-refractivity contribution in [3.8, 4) is 0 Å². The van der Waals surface area contributed by atoms with Gasteiger partial charge in [-0.2, -0.15) is 0 Å². The van der Waals surface area contributed by atoms with E-state index in [-0.39, 0.29) is 11.8 Å². The molecule has 2 aliphatic rings. The third-order valence-electron chi connectivity index (χ3n) is 4.19. The van der Waals surface area contributed by atoms with Crippen molar-refractivity contribution in [1.29, 1.82) is 0 Å². The van der Waals surface area contributed by atoms with Gasteiger partial charge in [-0.25, -0.2) is 0 Å². The zero-order valence-corrected chi connectivity index (χ0v) is 13.2. The molecule has 6 heteroatoms. The summed E-state index contributed by atoms with van der Waals surface area (Å²) < 4.78 is 0. The van der Waals surface area contributed by atoms with Crippen LogP contribution in [-0.4, -0.2) is 30.8 Å². The summed E-state index contributed by atoms with van der Waals surface area (Å²) in [7, 11) is 0. The lowest BCUT2D eigenvalue weighted by atomic mass is 10.0. The first-order valence-corrected chi connectivity index (χ1v) is 8.13. The molecule has 1 fully saturated rings. The lowest BCUT2D eigenvalue weighted by Crippen LogP contribution is -2.37. The number of nitrogens with zero attached hydrogens (tertiary/aromatic N) is 1. The summed E-state index contributed by atoms with van der Waals surface area (Å²) in [5, 5.41) is 5.07. The number of carbonyl (C=O) groups is 3. The molecule has 0 saturated heterocycles. The zero-order chi connectivity index (χ0) is 16.4. The second kappa shape index (κ2) is 6.40. The third-order valence-corrected chi connectivity index (χ3v) is 4.19. The summed E-state index contributed by atoms with van der Waals surface area (Å²) in [5.74, 6) is -0.910. The SMILES string of the molecule is CCNC(=O)C(=O)Nc1ccc2c(c1)CCCN2C(=O)C1CC1. The molecule has 6 nitrogen and oxygen atoms in total. The number of anilines is 2. The highest BCUT2D eigenvalue weighted by atomic mass is 16.2. The highest BCUT2D eigenvalue weighted by Crippen LogP contribution is 2.36. The van der Waals surface area contributed by atoms with Crippen molar-refractivity contribution < 1.29 is 14.4 Å². The van der Waals surface area contributed by atoms with Crippen LogP contribution < -0.4 is 15.5 Å². The van der Waals surface area contributed by atoms with Crippen molar-refractivity contribution in [3.05, 3.63) is 23.8 Å². The van der Waals surface area contributed by atoms with Crippen molar-refractivity contribution in [3.63, 3.8) is 0 Å². The van der Waals surface area contributed by atoms with Gasteiger partial charge in [-0.15, -0.1) is 0 Å². The van der Waals surface area contributed by atoms with Crippen LogP contribution in [0.25, 0.3) is 0 Å². The highest BCUT2D eigenvalue weighted by molar-refractivity contribution is 6.39. The maximum Gasteiger partial charge on any atom is 0.313 e. The molecule has 1 aromatic carbocycles. The summed E-state index contributed by atoms with van der Waals surface area (Å²) in [6, 6.07) is 5.47. The molecular formula is C17H21N3O3. The molecule has 2 N–H and O–H groups in total. The monoisotopic (exact) mass is 315 g/mol. The number of carbonyl (C=O) groups excluding carboxylic acids is 3. The maximum atomic E-state index is 12.4. The van der Waals surface area contributed by atoms with Gasteiger partial charge in [0.15, 0.2) is 0 Å². The van der Waals surface area contributed by atoms with Crippen molar-refractivity contribution in [2.75, 3.05) is 23.3 Å². The molecule has 0 bridgehead atoms. The standard InChI is InChI=1S/C17H21N3O3/c1-2-18-15(21)16(22)19-13-7-8-14-12(10-13)4-3-9-20(14)17(23)11-5-6-11/h7-8,10-11H,2-6,9H2,1H3,(H,18,21)(H,19,22). The van der Waals surface area contributed by atoms with Crippen LogP contribution in [-0.2, 0) is 20.8 Å². The molecule has 0 unspecified atom stereocenters. The number of hydrogen-bond acceptors (Lipinski definition) is 3. The molecule has 3 rings (SSSR count). The van der Waals surface area contributed by atoms with Gasteiger partial charge in [0.25, 0.3) is 0 Å². The van der Waals surface area contributed by atoms with Crippen LogP contribution in [0.5, 0.6) is 0 Å². The van der Waals surface area contributed by atoms with Gasteiger partial charge < -0.3 is 15.5 Å². The van der Waals surface area contributed by atoms with Gasteiger partial charge in [0.1, 0.15) is 0 Å². The number of rotatable bonds is 3. The Balaban J connectivity index is 1.75. The minimum absolute atomic E-state index is 0.193. The fourth-order valence-electron chi connectivity index (χ4n) is 2.88. The van der Waals surface area contributed by atoms with E-state index in [9.17, 15) is 14.4 Å².